The van der Waals surface area contributed by atoms with Crippen molar-refractivity contribution in [1.82, 2.24) is 10.6 Å². The van der Waals surface area contributed by atoms with Gasteiger partial charge in [0, 0.05) is 31.3 Å². The highest BCUT2D eigenvalue weighted by atomic mass is 19.4. The first-order valence-electron chi connectivity index (χ1n) is 8.88. The summed E-state index contributed by atoms with van der Waals surface area (Å²) in [6, 6.07) is 4.14. The van der Waals surface area contributed by atoms with Gasteiger partial charge in [-0.05, 0) is 31.4 Å². The molecule has 1 aromatic rings. The van der Waals surface area contributed by atoms with Crippen molar-refractivity contribution in [2.75, 3.05) is 14.2 Å². The molecule has 0 aromatic heterocycles. The fourth-order valence-electron chi connectivity index (χ4n) is 3.20. The van der Waals surface area contributed by atoms with Crippen LogP contribution in [0.15, 0.2) is 23.2 Å². The van der Waals surface area contributed by atoms with E-state index in [0.29, 0.717) is 30.1 Å². The molecule has 2 unspecified atom stereocenters. The minimum absolute atomic E-state index is 0.0213. The Morgan fingerprint density at radius 3 is 2.64 bits per heavy atom. The number of hydrogen-bond acceptors (Lipinski definition) is 3. The summed E-state index contributed by atoms with van der Waals surface area (Å²) >= 11 is 0. The van der Waals surface area contributed by atoms with Crippen molar-refractivity contribution in [3.8, 4) is 11.5 Å². The molecule has 0 amide bonds. The smallest absolute Gasteiger partial charge is 0.391 e. The summed E-state index contributed by atoms with van der Waals surface area (Å²) in [7, 11) is 2.90. The molecule has 0 saturated heterocycles. The van der Waals surface area contributed by atoms with Crippen molar-refractivity contribution in [1.29, 1.82) is 0 Å². The highest BCUT2D eigenvalue weighted by molar-refractivity contribution is 5.80. The number of hydrogen-bond donors (Lipinski definition) is 2. The van der Waals surface area contributed by atoms with Crippen LogP contribution in [0.25, 0.3) is 0 Å². The van der Waals surface area contributed by atoms with Gasteiger partial charge in [-0.2, -0.15) is 22.0 Å². The highest BCUT2D eigenvalue weighted by Gasteiger charge is 2.42. The topological polar surface area (TPSA) is 54.9 Å². The fourth-order valence-corrected chi connectivity index (χ4v) is 3.20. The zero-order valence-corrected chi connectivity index (χ0v) is 15.7. The Morgan fingerprint density at radius 1 is 1.29 bits per heavy atom. The maximum atomic E-state index is 13.0. The monoisotopic (exact) mass is 409 g/mol. The standard InChI is InChI=1S/C18H24F5N3O2/c1-24-17(26-13-5-3-4-12(8-13)18(21,22)23)25-10-11-6-7-14(27-2)9-15(11)28-16(19)20/h6-7,9,12-13,16H,3-5,8,10H2,1-2H3,(H2,24,25,26). The third kappa shape index (κ3) is 6.42. The van der Waals surface area contributed by atoms with Gasteiger partial charge in [0.05, 0.1) is 13.0 Å². The average Bonchev–Trinajstić information content (AvgIpc) is 2.64. The molecule has 5 nitrogen and oxygen atoms in total. The molecule has 2 rings (SSSR count). The Hall–Kier alpha value is -2.26. The second-order valence-electron chi connectivity index (χ2n) is 6.52. The highest BCUT2D eigenvalue weighted by Crippen LogP contribution is 2.37. The Kier molecular flexibility index (Phi) is 7.70. The zero-order valence-electron chi connectivity index (χ0n) is 15.7. The molecular weight excluding hydrogens is 385 g/mol. The molecular formula is C18H24F5N3O2. The number of halogens is 5. The van der Waals surface area contributed by atoms with Crippen LogP contribution >= 0.6 is 0 Å². The first kappa shape index (κ1) is 22.0. The van der Waals surface area contributed by atoms with Crippen LogP contribution in [0.5, 0.6) is 11.5 Å². The summed E-state index contributed by atoms with van der Waals surface area (Å²) in [5, 5.41) is 5.92. The minimum atomic E-state index is -4.21. The molecule has 158 valence electrons. The number of ether oxygens (including phenoxy) is 2. The van der Waals surface area contributed by atoms with Crippen LogP contribution in [-0.4, -0.2) is 38.9 Å². The lowest BCUT2D eigenvalue weighted by atomic mass is 9.85. The molecule has 10 heteroatoms. The van der Waals surface area contributed by atoms with Gasteiger partial charge in [-0.1, -0.05) is 6.42 Å². The molecule has 1 saturated carbocycles. The van der Waals surface area contributed by atoms with Crippen molar-refractivity contribution in [3.63, 3.8) is 0 Å². The van der Waals surface area contributed by atoms with Crippen molar-refractivity contribution in [3.05, 3.63) is 23.8 Å². The van der Waals surface area contributed by atoms with Crippen LogP contribution < -0.4 is 20.1 Å². The van der Waals surface area contributed by atoms with Gasteiger partial charge < -0.3 is 20.1 Å². The summed E-state index contributed by atoms with van der Waals surface area (Å²) in [6.07, 6.45) is -3.01. The molecule has 0 heterocycles. The number of guanidine groups is 1. The number of rotatable bonds is 6. The van der Waals surface area contributed by atoms with E-state index in [1.54, 1.807) is 12.1 Å². The number of aliphatic imine (C=N–C) groups is 1. The molecule has 1 aromatic carbocycles. The van der Waals surface area contributed by atoms with E-state index in [0.717, 1.165) is 0 Å². The lowest BCUT2D eigenvalue weighted by Crippen LogP contribution is -2.46. The van der Waals surface area contributed by atoms with E-state index in [1.165, 1.54) is 20.2 Å². The number of alkyl halides is 5. The van der Waals surface area contributed by atoms with E-state index in [-0.39, 0.29) is 31.2 Å². The molecule has 1 aliphatic rings. The van der Waals surface area contributed by atoms with E-state index < -0.39 is 18.7 Å². The molecule has 1 fully saturated rings. The molecule has 1 aliphatic carbocycles. The number of nitrogens with zero attached hydrogens (tertiary/aromatic N) is 1. The molecule has 0 bridgehead atoms. The summed E-state index contributed by atoms with van der Waals surface area (Å²) in [5.74, 6) is -0.717. The Morgan fingerprint density at radius 2 is 2.04 bits per heavy atom. The Labute approximate surface area is 160 Å². The average molecular weight is 409 g/mol. The van der Waals surface area contributed by atoms with Crippen molar-refractivity contribution in [2.45, 2.75) is 51.1 Å². The first-order valence-corrected chi connectivity index (χ1v) is 8.88. The number of nitrogens with one attached hydrogen (secondary N) is 2. The zero-order chi connectivity index (χ0) is 20.7. The van der Waals surface area contributed by atoms with Crippen molar-refractivity contribution < 1.29 is 31.4 Å². The molecule has 28 heavy (non-hydrogen) atoms. The van der Waals surface area contributed by atoms with Crippen molar-refractivity contribution >= 4 is 5.96 Å². The van der Waals surface area contributed by atoms with Crippen LogP contribution in [-0.2, 0) is 6.54 Å². The SMILES string of the molecule is CN=C(NCc1ccc(OC)cc1OC(F)F)NC1CCCC(C(F)(F)F)C1. The van der Waals surface area contributed by atoms with E-state index in [2.05, 4.69) is 20.4 Å². The van der Waals surface area contributed by atoms with Crippen LogP contribution in [0.3, 0.4) is 0 Å². The molecule has 0 radical (unpaired) electrons. The third-order valence-corrected chi connectivity index (χ3v) is 4.64. The summed E-state index contributed by atoms with van der Waals surface area (Å²) in [5.41, 5.74) is 0.431. The van der Waals surface area contributed by atoms with Gasteiger partial charge in [-0.15, -0.1) is 0 Å². The third-order valence-electron chi connectivity index (χ3n) is 4.64. The predicted octanol–water partition coefficient (Wildman–Crippen LogP) is 4.08. The van der Waals surface area contributed by atoms with Gasteiger partial charge in [0.1, 0.15) is 11.5 Å². The fraction of sp³-hybridized carbons (Fsp3) is 0.611. The van der Waals surface area contributed by atoms with Crippen molar-refractivity contribution in [2.24, 2.45) is 10.9 Å². The van der Waals surface area contributed by atoms with Gasteiger partial charge >= 0.3 is 12.8 Å². The van der Waals surface area contributed by atoms with Gasteiger partial charge in [0.15, 0.2) is 5.96 Å². The first-order chi connectivity index (χ1) is 13.2. The van der Waals surface area contributed by atoms with E-state index in [4.69, 9.17) is 4.74 Å². The van der Waals surface area contributed by atoms with Crippen LogP contribution in [0, 0.1) is 5.92 Å². The number of methoxy groups -OCH3 is 1. The maximum Gasteiger partial charge on any atom is 0.391 e. The van der Waals surface area contributed by atoms with Gasteiger partial charge in [-0.25, -0.2) is 0 Å². The molecule has 2 N–H and O–H groups in total. The lowest BCUT2D eigenvalue weighted by Gasteiger charge is -2.32. The molecule has 0 aliphatic heterocycles. The van der Waals surface area contributed by atoms with E-state index in [1.807, 2.05) is 0 Å². The predicted molar refractivity (Wildman–Crippen MR) is 94.8 cm³/mol. The molecule has 2 atom stereocenters. The Balaban J connectivity index is 1.98. The summed E-state index contributed by atoms with van der Waals surface area (Å²) in [6.45, 7) is -2.90. The summed E-state index contributed by atoms with van der Waals surface area (Å²) in [4.78, 5) is 4.01. The second-order valence-corrected chi connectivity index (χ2v) is 6.52. The van der Waals surface area contributed by atoms with E-state index >= 15 is 0 Å². The molecule has 0 spiro atoms. The van der Waals surface area contributed by atoms with Crippen LogP contribution in [0.2, 0.25) is 0 Å². The van der Waals surface area contributed by atoms with Gasteiger partial charge in [0.2, 0.25) is 0 Å². The van der Waals surface area contributed by atoms with Gasteiger partial charge in [-0.3, -0.25) is 4.99 Å². The lowest BCUT2D eigenvalue weighted by molar-refractivity contribution is -0.183. The van der Waals surface area contributed by atoms with Crippen LogP contribution in [0.4, 0.5) is 22.0 Å². The quantitative estimate of drug-likeness (QED) is 0.422. The summed E-state index contributed by atoms with van der Waals surface area (Å²) < 4.78 is 73.6. The largest absolute Gasteiger partial charge is 0.497 e. The normalized spacial score (nSPS) is 20.8. The van der Waals surface area contributed by atoms with Gasteiger partial charge in [0.25, 0.3) is 0 Å². The van der Waals surface area contributed by atoms with E-state index in [9.17, 15) is 22.0 Å². The number of benzene rings is 1. The minimum Gasteiger partial charge on any atom is -0.497 e. The maximum absolute atomic E-state index is 13.0. The Bertz CT molecular complexity index is 667. The second kappa shape index (κ2) is 9.79. The van der Waals surface area contributed by atoms with Crippen LogP contribution in [0.1, 0.15) is 31.2 Å².